The van der Waals surface area contributed by atoms with E-state index < -0.39 is 17.7 Å². The summed E-state index contributed by atoms with van der Waals surface area (Å²) in [5.74, 6) is 0. The summed E-state index contributed by atoms with van der Waals surface area (Å²) < 4.78 is 38.8. The first kappa shape index (κ1) is 28.5. The fourth-order valence-electron chi connectivity index (χ4n) is 3.11. The Morgan fingerprint density at radius 3 is 1.44 bits per heavy atom. The van der Waals surface area contributed by atoms with Crippen LogP contribution in [0.25, 0.3) is 0 Å². The fourth-order valence-corrected chi connectivity index (χ4v) is 4.78. The number of sulfone groups is 1. The van der Waals surface area contributed by atoms with Gasteiger partial charge in [-0.25, -0.2) is 13.0 Å². The first-order chi connectivity index (χ1) is 15.3. The quantitative estimate of drug-likeness (QED) is 0.233. The van der Waals surface area contributed by atoms with Gasteiger partial charge in [-0.15, -0.1) is 0 Å². The lowest BCUT2D eigenvalue weighted by atomic mass is 10.1. The molecule has 2 aromatic rings. The van der Waals surface area contributed by atoms with Crippen LogP contribution in [0.3, 0.4) is 0 Å². The zero-order chi connectivity index (χ0) is 23.7. The first-order valence-electron chi connectivity index (χ1n) is 11.3. The van der Waals surface area contributed by atoms with Gasteiger partial charge in [0.25, 0.3) is 0 Å². The van der Waals surface area contributed by atoms with Crippen LogP contribution >= 0.6 is 7.82 Å². The molecule has 8 heteroatoms. The highest BCUT2D eigenvalue weighted by Crippen LogP contribution is 2.35. The van der Waals surface area contributed by atoms with Crippen molar-refractivity contribution in [2.75, 3.05) is 6.61 Å². The Balaban J connectivity index is 0.000000321. The van der Waals surface area contributed by atoms with Gasteiger partial charge in [-0.1, -0.05) is 101 Å². The summed E-state index contributed by atoms with van der Waals surface area (Å²) in [7, 11) is -7.58. The second kappa shape index (κ2) is 16.2. The van der Waals surface area contributed by atoms with E-state index in [4.69, 9.17) is 9.79 Å². The van der Waals surface area contributed by atoms with Crippen molar-refractivity contribution in [2.45, 2.75) is 80.9 Å². The summed E-state index contributed by atoms with van der Waals surface area (Å²) in [5.41, 5.74) is 0. The van der Waals surface area contributed by atoms with Crippen LogP contribution in [0.15, 0.2) is 70.5 Å². The van der Waals surface area contributed by atoms with Crippen molar-refractivity contribution >= 4 is 17.7 Å². The van der Waals surface area contributed by atoms with Gasteiger partial charge in [0.05, 0.1) is 16.4 Å². The molecule has 0 saturated carbocycles. The molecule has 0 amide bonds. The Bertz CT molecular complexity index is 820. The number of rotatable bonds is 14. The molecule has 0 unspecified atom stereocenters. The number of hydrogen-bond acceptors (Lipinski definition) is 4. The zero-order valence-corrected chi connectivity index (χ0v) is 20.6. The van der Waals surface area contributed by atoms with Gasteiger partial charge in [0.1, 0.15) is 0 Å². The van der Waals surface area contributed by atoms with Crippen LogP contribution in [0.2, 0.25) is 0 Å². The molecule has 0 saturated heterocycles. The van der Waals surface area contributed by atoms with E-state index in [2.05, 4.69) is 11.4 Å². The molecule has 32 heavy (non-hydrogen) atoms. The minimum absolute atomic E-state index is 0.167. The van der Waals surface area contributed by atoms with Crippen LogP contribution in [0.1, 0.15) is 71.1 Å². The number of unbranched alkanes of at least 4 members (excludes halogenated alkanes) is 9. The van der Waals surface area contributed by atoms with Gasteiger partial charge in [-0.05, 0) is 30.7 Å². The topological polar surface area (TPSA) is 101 Å². The van der Waals surface area contributed by atoms with Gasteiger partial charge in [0.2, 0.25) is 9.84 Å². The van der Waals surface area contributed by atoms with Crippen molar-refractivity contribution in [3.05, 3.63) is 60.7 Å². The summed E-state index contributed by atoms with van der Waals surface area (Å²) >= 11 is 0. The smallest absolute Gasteiger partial charge is 0.303 e. The van der Waals surface area contributed by atoms with Crippen molar-refractivity contribution in [2.24, 2.45) is 0 Å². The Hall–Kier alpha value is -1.50. The molecule has 0 fully saturated rings. The van der Waals surface area contributed by atoms with Crippen molar-refractivity contribution in [3.8, 4) is 0 Å². The molecule has 0 heterocycles. The maximum atomic E-state index is 12.0. The van der Waals surface area contributed by atoms with E-state index >= 15 is 0 Å². The van der Waals surface area contributed by atoms with Crippen LogP contribution in [0, 0.1) is 0 Å². The second-order valence-corrected chi connectivity index (χ2v) is 10.8. The van der Waals surface area contributed by atoms with E-state index in [-0.39, 0.29) is 6.61 Å². The number of phosphoric ester groups is 1. The normalized spacial score (nSPS) is 11.6. The maximum Gasteiger partial charge on any atom is 0.469 e. The summed E-state index contributed by atoms with van der Waals surface area (Å²) in [6.07, 6.45) is 12.0. The lowest BCUT2D eigenvalue weighted by Gasteiger charge is -2.05. The third kappa shape index (κ3) is 13.1. The third-order valence-corrected chi connectivity index (χ3v) is 7.17. The van der Waals surface area contributed by atoms with Crippen LogP contribution in [0.5, 0.6) is 0 Å². The van der Waals surface area contributed by atoms with Gasteiger partial charge in [-0.2, -0.15) is 0 Å². The van der Waals surface area contributed by atoms with Crippen LogP contribution in [-0.4, -0.2) is 24.8 Å². The molecular weight excluding hydrogens is 447 g/mol. The molecule has 2 N–H and O–H groups in total. The molecule has 0 aromatic heterocycles. The molecule has 0 aliphatic rings. The molecule has 6 nitrogen and oxygen atoms in total. The molecule has 2 rings (SSSR count). The van der Waals surface area contributed by atoms with E-state index in [1.54, 1.807) is 60.7 Å². The Morgan fingerprint density at radius 2 is 1.06 bits per heavy atom. The van der Waals surface area contributed by atoms with E-state index in [0.717, 1.165) is 19.3 Å². The lowest BCUT2D eigenvalue weighted by molar-refractivity contribution is 0.193. The highest BCUT2D eigenvalue weighted by atomic mass is 32.2. The van der Waals surface area contributed by atoms with Crippen LogP contribution < -0.4 is 0 Å². The highest BCUT2D eigenvalue weighted by Gasteiger charge is 2.15. The van der Waals surface area contributed by atoms with Crippen LogP contribution in [0.4, 0.5) is 0 Å². The summed E-state index contributed by atoms with van der Waals surface area (Å²) in [5, 5.41) is 0. The number of hydrogen-bond donors (Lipinski definition) is 2. The van der Waals surface area contributed by atoms with Gasteiger partial charge < -0.3 is 9.79 Å². The Labute approximate surface area is 193 Å². The van der Waals surface area contributed by atoms with Crippen LogP contribution in [-0.2, 0) is 18.9 Å². The summed E-state index contributed by atoms with van der Waals surface area (Å²) in [6, 6.07) is 16.9. The third-order valence-electron chi connectivity index (χ3n) is 4.86. The minimum Gasteiger partial charge on any atom is -0.303 e. The SMILES string of the molecule is CCCCCCCCCCCCOP(=O)(O)O.O=S(=O)(c1ccccc1)c1ccccc1. The largest absolute Gasteiger partial charge is 0.469 e. The molecule has 0 atom stereocenters. The predicted molar refractivity (Wildman–Crippen MR) is 128 cm³/mol. The molecule has 0 spiro atoms. The van der Waals surface area contributed by atoms with Crippen molar-refractivity contribution in [1.29, 1.82) is 0 Å². The monoisotopic (exact) mass is 484 g/mol. The van der Waals surface area contributed by atoms with Crippen molar-refractivity contribution in [3.63, 3.8) is 0 Å². The molecule has 0 aliphatic carbocycles. The van der Waals surface area contributed by atoms with E-state index in [1.165, 1.54) is 44.9 Å². The standard InChI is InChI=1S/C12H27O4P.C12H10O2S/c1-2-3-4-5-6-7-8-9-10-11-12-16-17(13,14)15;13-15(14,11-7-3-1-4-8-11)12-9-5-2-6-10-12/h2-12H2,1H3,(H2,13,14,15);1-10H. The van der Waals surface area contributed by atoms with E-state index in [1.807, 2.05) is 0 Å². The molecule has 0 bridgehead atoms. The molecule has 2 aromatic carbocycles. The average molecular weight is 485 g/mol. The number of benzene rings is 2. The molecule has 180 valence electrons. The lowest BCUT2D eigenvalue weighted by Crippen LogP contribution is -2.00. The Morgan fingerprint density at radius 1 is 0.688 bits per heavy atom. The van der Waals surface area contributed by atoms with Gasteiger partial charge in [0, 0.05) is 0 Å². The fraction of sp³-hybridized carbons (Fsp3) is 0.500. The van der Waals surface area contributed by atoms with Gasteiger partial charge in [-0.3, -0.25) is 4.52 Å². The predicted octanol–water partition coefficient (Wildman–Crippen LogP) is 6.54. The maximum absolute atomic E-state index is 12.0. The molecular formula is C24H37O6PS. The minimum atomic E-state index is -4.24. The van der Waals surface area contributed by atoms with Crippen molar-refractivity contribution < 1.29 is 27.3 Å². The summed E-state index contributed by atoms with van der Waals surface area (Å²) in [4.78, 5) is 17.6. The molecule has 0 aliphatic heterocycles. The second-order valence-electron chi connectivity index (χ2n) is 7.64. The van der Waals surface area contributed by atoms with E-state index in [0.29, 0.717) is 9.79 Å². The number of phosphoric acid groups is 1. The van der Waals surface area contributed by atoms with Gasteiger partial charge >= 0.3 is 7.82 Å². The average Bonchev–Trinajstić information content (AvgIpc) is 2.78. The van der Waals surface area contributed by atoms with Crippen molar-refractivity contribution in [1.82, 2.24) is 0 Å². The first-order valence-corrected chi connectivity index (χ1v) is 14.3. The van der Waals surface area contributed by atoms with Gasteiger partial charge in [0.15, 0.2) is 0 Å². The summed E-state index contributed by atoms with van der Waals surface area (Å²) in [6.45, 7) is 2.39. The Kier molecular flexibility index (Phi) is 14.4. The zero-order valence-electron chi connectivity index (χ0n) is 18.9. The van der Waals surface area contributed by atoms with E-state index in [9.17, 15) is 13.0 Å². The molecule has 0 radical (unpaired) electrons. The highest BCUT2D eigenvalue weighted by molar-refractivity contribution is 7.91.